The molecule has 5 heteroatoms. The van der Waals surface area contributed by atoms with Crippen molar-refractivity contribution in [2.45, 2.75) is 71.4 Å². The van der Waals surface area contributed by atoms with Crippen LogP contribution < -0.4 is 5.32 Å². The van der Waals surface area contributed by atoms with Crippen molar-refractivity contribution < 1.29 is 14.3 Å². The molecule has 0 spiro atoms. The first-order valence-corrected chi connectivity index (χ1v) is 10.1. The van der Waals surface area contributed by atoms with Gasteiger partial charge in [-0.1, -0.05) is 6.42 Å². The SMILES string of the molecule is Cc1cc(C(=O)OCC(=O)N[C@@H](C)[C@H]2C[C@H]3CC[C@H]2C3)c(C)n1C1CC1. The van der Waals surface area contributed by atoms with E-state index in [1.165, 1.54) is 38.5 Å². The third-order valence-electron chi connectivity index (χ3n) is 6.77. The van der Waals surface area contributed by atoms with E-state index in [2.05, 4.69) is 16.8 Å². The Balaban J connectivity index is 1.29. The lowest BCUT2D eigenvalue weighted by molar-refractivity contribution is -0.125. The molecule has 1 N–H and O–H groups in total. The summed E-state index contributed by atoms with van der Waals surface area (Å²) in [6, 6.07) is 2.57. The zero-order valence-corrected chi connectivity index (χ0v) is 16.1. The Labute approximate surface area is 155 Å². The molecule has 4 atom stereocenters. The molecule has 0 aliphatic heterocycles. The molecule has 0 aromatic carbocycles. The van der Waals surface area contributed by atoms with Gasteiger partial charge >= 0.3 is 5.97 Å². The Morgan fingerprint density at radius 3 is 2.62 bits per heavy atom. The van der Waals surface area contributed by atoms with Crippen LogP contribution in [-0.4, -0.2) is 29.1 Å². The van der Waals surface area contributed by atoms with Gasteiger partial charge in [0.25, 0.3) is 5.91 Å². The fourth-order valence-corrected chi connectivity index (χ4v) is 5.40. The molecule has 4 rings (SSSR count). The molecule has 26 heavy (non-hydrogen) atoms. The minimum Gasteiger partial charge on any atom is -0.452 e. The van der Waals surface area contributed by atoms with Gasteiger partial charge in [0.05, 0.1) is 5.56 Å². The number of hydrogen-bond donors (Lipinski definition) is 1. The van der Waals surface area contributed by atoms with Crippen molar-refractivity contribution in [3.8, 4) is 0 Å². The van der Waals surface area contributed by atoms with Crippen LogP contribution in [0.5, 0.6) is 0 Å². The molecule has 0 saturated heterocycles. The van der Waals surface area contributed by atoms with Crippen molar-refractivity contribution >= 4 is 11.9 Å². The van der Waals surface area contributed by atoms with Crippen LogP contribution in [0.15, 0.2) is 6.07 Å². The summed E-state index contributed by atoms with van der Waals surface area (Å²) < 4.78 is 7.52. The molecule has 3 aliphatic rings. The lowest BCUT2D eigenvalue weighted by Gasteiger charge is -2.28. The van der Waals surface area contributed by atoms with Gasteiger partial charge in [-0.05, 0) is 76.7 Å². The zero-order chi connectivity index (χ0) is 18.4. The van der Waals surface area contributed by atoms with E-state index in [0.717, 1.165) is 23.2 Å². The molecular formula is C21H30N2O3. The molecule has 1 aromatic rings. The van der Waals surface area contributed by atoms with Gasteiger partial charge in [-0.25, -0.2) is 4.79 Å². The second kappa shape index (κ2) is 6.75. The number of nitrogens with zero attached hydrogens (tertiary/aromatic N) is 1. The van der Waals surface area contributed by atoms with Crippen molar-refractivity contribution in [3.05, 3.63) is 23.0 Å². The molecule has 3 aliphatic carbocycles. The fraction of sp³-hybridized carbons (Fsp3) is 0.714. The first-order valence-electron chi connectivity index (χ1n) is 10.1. The molecule has 0 unspecified atom stereocenters. The fourth-order valence-electron chi connectivity index (χ4n) is 5.40. The Bertz CT molecular complexity index is 719. The molecule has 3 fully saturated rings. The Morgan fingerprint density at radius 2 is 2.00 bits per heavy atom. The van der Waals surface area contributed by atoms with Crippen molar-refractivity contribution in [2.24, 2.45) is 17.8 Å². The normalized spacial score (nSPS) is 28.2. The van der Waals surface area contributed by atoms with E-state index in [4.69, 9.17) is 4.74 Å². The third-order valence-corrected chi connectivity index (χ3v) is 6.77. The Hall–Kier alpha value is -1.78. The predicted octanol–water partition coefficient (Wildman–Crippen LogP) is 3.54. The van der Waals surface area contributed by atoms with E-state index in [-0.39, 0.29) is 18.6 Å². The quantitative estimate of drug-likeness (QED) is 0.791. The van der Waals surface area contributed by atoms with Crippen molar-refractivity contribution in [1.29, 1.82) is 0 Å². The average molecular weight is 358 g/mol. The topological polar surface area (TPSA) is 60.3 Å². The van der Waals surface area contributed by atoms with E-state index >= 15 is 0 Å². The summed E-state index contributed by atoms with van der Waals surface area (Å²) >= 11 is 0. The number of carbonyl (C=O) groups is 2. The summed E-state index contributed by atoms with van der Waals surface area (Å²) in [6.07, 6.45) is 7.58. The summed E-state index contributed by atoms with van der Waals surface area (Å²) in [4.78, 5) is 24.6. The van der Waals surface area contributed by atoms with Crippen LogP contribution in [0.25, 0.3) is 0 Å². The summed E-state index contributed by atoms with van der Waals surface area (Å²) in [5.41, 5.74) is 2.63. The van der Waals surface area contributed by atoms with E-state index in [1.54, 1.807) is 0 Å². The average Bonchev–Trinajstić information content (AvgIpc) is 3.08. The number of esters is 1. The molecule has 1 aromatic heterocycles. The summed E-state index contributed by atoms with van der Waals surface area (Å²) in [7, 11) is 0. The second-order valence-electron chi connectivity index (χ2n) is 8.66. The number of carbonyl (C=O) groups excluding carboxylic acids is 2. The van der Waals surface area contributed by atoms with Crippen LogP contribution >= 0.6 is 0 Å². The zero-order valence-electron chi connectivity index (χ0n) is 16.1. The number of nitrogens with one attached hydrogen (secondary N) is 1. The summed E-state index contributed by atoms with van der Waals surface area (Å²) in [6.45, 7) is 5.87. The maximum atomic E-state index is 12.4. The molecule has 1 heterocycles. The van der Waals surface area contributed by atoms with Gasteiger partial charge in [-0.3, -0.25) is 4.79 Å². The molecule has 142 valence electrons. The van der Waals surface area contributed by atoms with Gasteiger partial charge in [0, 0.05) is 23.5 Å². The Morgan fingerprint density at radius 1 is 1.23 bits per heavy atom. The van der Waals surface area contributed by atoms with Crippen LogP contribution in [0.4, 0.5) is 0 Å². The molecule has 0 radical (unpaired) electrons. The summed E-state index contributed by atoms with van der Waals surface area (Å²) in [5, 5.41) is 3.05. The number of fused-ring (bicyclic) bond motifs is 2. The molecule has 5 nitrogen and oxygen atoms in total. The number of aromatic nitrogens is 1. The van der Waals surface area contributed by atoms with Crippen LogP contribution in [0.2, 0.25) is 0 Å². The molecule has 3 saturated carbocycles. The van der Waals surface area contributed by atoms with Crippen LogP contribution in [0, 0.1) is 31.6 Å². The smallest absolute Gasteiger partial charge is 0.340 e. The van der Waals surface area contributed by atoms with E-state index in [1.807, 2.05) is 19.9 Å². The molecule has 1 amide bonds. The number of ether oxygens (including phenoxy) is 1. The number of rotatable bonds is 6. The van der Waals surface area contributed by atoms with Crippen molar-refractivity contribution in [2.75, 3.05) is 6.61 Å². The number of hydrogen-bond acceptors (Lipinski definition) is 3. The minimum atomic E-state index is -0.396. The van der Waals surface area contributed by atoms with Crippen molar-refractivity contribution in [1.82, 2.24) is 9.88 Å². The Kier molecular flexibility index (Phi) is 4.57. The van der Waals surface area contributed by atoms with Gasteiger partial charge in [0.1, 0.15) is 0 Å². The lowest BCUT2D eigenvalue weighted by atomic mass is 9.84. The number of aryl methyl sites for hydroxylation is 1. The first kappa shape index (κ1) is 17.6. The van der Waals surface area contributed by atoms with Gasteiger partial charge in [-0.15, -0.1) is 0 Å². The lowest BCUT2D eigenvalue weighted by Crippen LogP contribution is -2.42. The van der Waals surface area contributed by atoms with Crippen LogP contribution in [-0.2, 0) is 9.53 Å². The summed E-state index contributed by atoms with van der Waals surface area (Å²) in [5.74, 6) is 1.64. The highest BCUT2D eigenvalue weighted by Crippen LogP contribution is 2.49. The van der Waals surface area contributed by atoms with Crippen molar-refractivity contribution in [3.63, 3.8) is 0 Å². The minimum absolute atomic E-state index is 0.163. The second-order valence-corrected chi connectivity index (χ2v) is 8.66. The standard InChI is InChI=1S/C21H30N2O3/c1-12-8-19(14(3)23(12)17-6-7-17)21(25)26-11-20(24)22-13(2)18-10-15-4-5-16(18)9-15/h8,13,15-18H,4-7,9-11H2,1-3H3,(H,22,24)/t13-,15-,16-,18+/m0/s1. The predicted molar refractivity (Wildman–Crippen MR) is 99.0 cm³/mol. The monoisotopic (exact) mass is 358 g/mol. The first-order chi connectivity index (χ1) is 12.4. The van der Waals surface area contributed by atoms with Gasteiger partial charge in [0.2, 0.25) is 0 Å². The van der Waals surface area contributed by atoms with Gasteiger partial charge < -0.3 is 14.6 Å². The largest absolute Gasteiger partial charge is 0.452 e. The van der Waals surface area contributed by atoms with E-state index < -0.39 is 5.97 Å². The van der Waals surface area contributed by atoms with Gasteiger partial charge in [-0.2, -0.15) is 0 Å². The van der Waals surface area contributed by atoms with E-state index in [0.29, 0.717) is 17.5 Å². The van der Waals surface area contributed by atoms with E-state index in [9.17, 15) is 9.59 Å². The maximum absolute atomic E-state index is 12.4. The van der Waals surface area contributed by atoms with Gasteiger partial charge in [0.15, 0.2) is 6.61 Å². The highest BCUT2D eigenvalue weighted by molar-refractivity contribution is 5.92. The van der Waals surface area contributed by atoms with Crippen LogP contribution in [0.1, 0.15) is 73.2 Å². The third kappa shape index (κ3) is 3.28. The van der Waals surface area contributed by atoms with Crippen LogP contribution in [0.3, 0.4) is 0 Å². The molecule has 2 bridgehead atoms. The molecular weight excluding hydrogens is 328 g/mol. The highest BCUT2D eigenvalue weighted by Gasteiger charge is 2.42. The number of amides is 1. The highest BCUT2D eigenvalue weighted by atomic mass is 16.5. The maximum Gasteiger partial charge on any atom is 0.340 e.